The second-order valence-corrected chi connectivity index (χ2v) is 11.6. The van der Waals surface area contributed by atoms with Gasteiger partial charge in [-0.25, -0.2) is 13.1 Å². The van der Waals surface area contributed by atoms with Gasteiger partial charge in [-0.1, -0.05) is 72.3 Å². The van der Waals surface area contributed by atoms with Gasteiger partial charge in [-0.3, -0.25) is 14.4 Å². The maximum absolute atomic E-state index is 13.4. The molecule has 12 heteroatoms. The van der Waals surface area contributed by atoms with E-state index in [1.807, 2.05) is 25.2 Å². The molecular formula is C30H39ClN4O6S. The summed E-state index contributed by atoms with van der Waals surface area (Å²) < 4.78 is 33.2. The van der Waals surface area contributed by atoms with Gasteiger partial charge in [0.1, 0.15) is 12.1 Å². The van der Waals surface area contributed by atoms with Crippen LogP contribution in [0.15, 0.2) is 72.8 Å². The number of nitrogens with two attached hydrogens (primary N) is 1. The van der Waals surface area contributed by atoms with Gasteiger partial charge in [-0.15, -0.1) is 0 Å². The Kier molecular flexibility index (Phi) is 15.0. The minimum absolute atomic E-state index is 0.0613. The minimum Gasteiger partial charge on any atom is -0.469 e. The van der Waals surface area contributed by atoms with Crippen molar-refractivity contribution in [3.05, 3.63) is 94.5 Å². The predicted molar refractivity (Wildman–Crippen MR) is 164 cm³/mol. The molecule has 0 saturated carbocycles. The highest BCUT2D eigenvalue weighted by atomic mass is 35.5. The Labute approximate surface area is 252 Å². The average Bonchev–Trinajstić information content (AvgIpc) is 2.97. The molecular weight excluding hydrogens is 580 g/mol. The second kappa shape index (κ2) is 18.1. The summed E-state index contributed by atoms with van der Waals surface area (Å²) >= 11 is 6.10. The summed E-state index contributed by atoms with van der Waals surface area (Å²) in [4.78, 5) is 38.5. The molecule has 228 valence electrons. The standard InChI is InChI=1S/C30H39ClN4O6S/c1-3-4-5-6-10-13-27(35-42(39,40)21-22-11-8-7-9-12-22)30(38)34-26(16-17-28(36)41-2)29(37)33-20-24-18-25(31)15-14-23(24)19-32/h3-9,11-12,14-15,18,26-27,35H,10,13,16-17,19-21,32H2,1-2H3,(H,33,37)(H,34,38)/b4-3-,6-5+/t26-,27?/m0/s1. The van der Waals surface area contributed by atoms with E-state index in [-0.39, 0.29) is 38.1 Å². The van der Waals surface area contributed by atoms with Gasteiger partial charge in [-0.2, -0.15) is 0 Å². The average molecular weight is 619 g/mol. The first-order valence-corrected chi connectivity index (χ1v) is 15.6. The Balaban J connectivity index is 2.22. The van der Waals surface area contributed by atoms with Crippen molar-refractivity contribution in [2.45, 2.75) is 63.5 Å². The summed E-state index contributed by atoms with van der Waals surface area (Å²) in [6.45, 7) is 2.18. The Morgan fingerprint density at radius 1 is 1.00 bits per heavy atom. The van der Waals surface area contributed by atoms with Gasteiger partial charge in [-0.05, 0) is 55.0 Å². The van der Waals surface area contributed by atoms with Gasteiger partial charge in [0, 0.05) is 24.5 Å². The molecule has 0 radical (unpaired) electrons. The third-order valence-corrected chi connectivity index (χ3v) is 7.83. The van der Waals surface area contributed by atoms with Gasteiger partial charge in [0.05, 0.1) is 12.9 Å². The summed E-state index contributed by atoms with van der Waals surface area (Å²) in [5, 5.41) is 5.87. The van der Waals surface area contributed by atoms with Crippen LogP contribution < -0.4 is 21.1 Å². The fourth-order valence-electron chi connectivity index (χ4n) is 4.01. The number of esters is 1. The van der Waals surface area contributed by atoms with Crippen LogP contribution in [0.25, 0.3) is 0 Å². The van der Waals surface area contributed by atoms with Crippen LogP contribution in [0.5, 0.6) is 0 Å². The molecule has 0 aliphatic carbocycles. The normalized spacial score (nSPS) is 13.1. The zero-order chi connectivity index (χ0) is 31.0. The van der Waals surface area contributed by atoms with E-state index in [4.69, 9.17) is 22.1 Å². The molecule has 2 amide bonds. The van der Waals surface area contributed by atoms with Crippen molar-refractivity contribution in [3.63, 3.8) is 0 Å². The number of carbonyl (C=O) groups excluding carboxylic acids is 3. The molecule has 42 heavy (non-hydrogen) atoms. The lowest BCUT2D eigenvalue weighted by Gasteiger charge is -2.23. The molecule has 2 rings (SSSR count). The third-order valence-electron chi connectivity index (χ3n) is 6.24. The molecule has 1 unspecified atom stereocenters. The lowest BCUT2D eigenvalue weighted by Crippen LogP contribution is -2.53. The Bertz CT molecular complexity index is 1350. The molecule has 0 aliphatic rings. The number of nitrogens with one attached hydrogen (secondary N) is 3. The Hall–Kier alpha value is -3.51. The number of amides is 2. The van der Waals surface area contributed by atoms with Crippen LogP contribution in [0.1, 0.15) is 49.3 Å². The van der Waals surface area contributed by atoms with Crippen molar-refractivity contribution in [2.24, 2.45) is 5.73 Å². The van der Waals surface area contributed by atoms with E-state index in [0.717, 1.165) is 5.56 Å². The number of benzene rings is 2. The largest absolute Gasteiger partial charge is 0.469 e. The van der Waals surface area contributed by atoms with Gasteiger partial charge in [0.15, 0.2) is 0 Å². The summed E-state index contributed by atoms with van der Waals surface area (Å²) in [5.74, 6) is -2.13. The number of sulfonamides is 1. The smallest absolute Gasteiger partial charge is 0.305 e. The zero-order valence-electron chi connectivity index (χ0n) is 23.8. The molecule has 2 atom stereocenters. The van der Waals surface area contributed by atoms with Crippen LogP contribution in [-0.4, -0.2) is 45.4 Å². The van der Waals surface area contributed by atoms with E-state index < -0.39 is 39.9 Å². The van der Waals surface area contributed by atoms with E-state index >= 15 is 0 Å². The van der Waals surface area contributed by atoms with Crippen molar-refractivity contribution in [3.8, 4) is 0 Å². The first kappa shape index (κ1) is 34.7. The molecule has 0 fully saturated rings. The molecule has 0 spiro atoms. The van der Waals surface area contributed by atoms with Crippen LogP contribution in [-0.2, 0) is 48.0 Å². The predicted octanol–water partition coefficient (Wildman–Crippen LogP) is 3.25. The van der Waals surface area contributed by atoms with Gasteiger partial charge in [0.2, 0.25) is 21.8 Å². The molecule has 10 nitrogen and oxygen atoms in total. The summed E-state index contributed by atoms with van der Waals surface area (Å²) in [5.41, 5.74) is 7.85. The summed E-state index contributed by atoms with van der Waals surface area (Å²) in [7, 11) is -2.69. The number of hydrogen-bond donors (Lipinski definition) is 4. The van der Waals surface area contributed by atoms with E-state index in [0.29, 0.717) is 22.6 Å². The summed E-state index contributed by atoms with van der Waals surface area (Å²) in [6.07, 6.45) is 7.60. The van der Waals surface area contributed by atoms with Gasteiger partial charge in [0.25, 0.3) is 0 Å². The van der Waals surface area contributed by atoms with Crippen molar-refractivity contribution < 1.29 is 27.5 Å². The van der Waals surface area contributed by atoms with Crippen molar-refractivity contribution in [1.29, 1.82) is 0 Å². The number of halogens is 1. The van der Waals surface area contributed by atoms with Gasteiger partial charge >= 0.3 is 5.97 Å². The Morgan fingerprint density at radius 3 is 2.40 bits per heavy atom. The maximum atomic E-state index is 13.4. The van der Waals surface area contributed by atoms with E-state index in [1.54, 1.807) is 54.6 Å². The Morgan fingerprint density at radius 2 is 1.74 bits per heavy atom. The van der Waals surface area contributed by atoms with Crippen LogP contribution >= 0.6 is 11.6 Å². The quantitative estimate of drug-likeness (QED) is 0.157. The highest BCUT2D eigenvalue weighted by molar-refractivity contribution is 7.88. The minimum atomic E-state index is -3.92. The third kappa shape index (κ3) is 12.6. The summed E-state index contributed by atoms with van der Waals surface area (Å²) in [6, 6.07) is 11.4. The first-order chi connectivity index (χ1) is 20.1. The van der Waals surface area contributed by atoms with Crippen LogP contribution in [0.2, 0.25) is 5.02 Å². The maximum Gasteiger partial charge on any atom is 0.305 e. The first-order valence-electron chi connectivity index (χ1n) is 13.5. The number of ether oxygens (including phenoxy) is 1. The van der Waals surface area contributed by atoms with E-state index in [1.165, 1.54) is 7.11 Å². The van der Waals surface area contributed by atoms with Gasteiger partial charge < -0.3 is 21.1 Å². The number of methoxy groups -OCH3 is 1. The molecule has 0 bridgehead atoms. The number of hydrogen-bond acceptors (Lipinski definition) is 7. The number of carbonyl (C=O) groups is 3. The van der Waals surface area contributed by atoms with Crippen molar-refractivity contribution >= 4 is 39.4 Å². The SMILES string of the molecule is C/C=C\C=C\CCC(NS(=O)(=O)Cc1ccccc1)C(=O)N[C@@H](CCC(=O)OC)C(=O)NCc1cc(Cl)ccc1CN. The molecule has 0 saturated heterocycles. The van der Waals surface area contributed by atoms with E-state index in [9.17, 15) is 22.8 Å². The van der Waals surface area contributed by atoms with Crippen molar-refractivity contribution in [1.82, 2.24) is 15.4 Å². The van der Waals surface area contributed by atoms with Crippen LogP contribution in [0.3, 0.4) is 0 Å². The molecule has 0 aliphatic heterocycles. The topological polar surface area (TPSA) is 157 Å². The second-order valence-electron chi connectivity index (χ2n) is 9.46. The van der Waals surface area contributed by atoms with Crippen LogP contribution in [0, 0.1) is 0 Å². The highest BCUT2D eigenvalue weighted by Crippen LogP contribution is 2.16. The lowest BCUT2D eigenvalue weighted by atomic mass is 10.1. The number of allylic oxidation sites excluding steroid dienone is 4. The lowest BCUT2D eigenvalue weighted by molar-refractivity contribution is -0.141. The molecule has 5 N–H and O–H groups in total. The fraction of sp³-hybridized carbons (Fsp3) is 0.367. The van der Waals surface area contributed by atoms with Crippen molar-refractivity contribution in [2.75, 3.05) is 7.11 Å². The molecule has 0 heterocycles. The fourth-order valence-corrected chi connectivity index (χ4v) is 5.58. The number of rotatable bonds is 17. The zero-order valence-corrected chi connectivity index (χ0v) is 25.4. The molecule has 2 aromatic carbocycles. The van der Waals surface area contributed by atoms with E-state index in [2.05, 4.69) is 15.4 Å². The molecule has 0 aromatic heterocycles. The monoisotopic (exact) mass is 618 g/mol. The van der Waals surface area contributed by atoms with Crippen LogP contribution in [0.4, 0.5) is 0 Å². The highest BCUT2D eigenvalue weighted by Gasteiger charge is 2.29. The molecule has 2 aromatic rings.